The molecule has 1 aliphatic rings. The molecule has 2 aromatic heterocycles. The van der Waals surface area contributed by atoms with Crippen LogP contribution in [0.15, 0.2) is 16.8 Å². The Kier molecular flexibility index (Phi) is 8.06. The second-order valence-electron chi connectivity index (χ2n) is 7.84. The number of aromatic amines is 1. The van der Waals surface area contributed by atoms with Crippen LogP contribution < -0.4 is 0 Å². The zero-order valence-electron chi connectivity index (χ0n) is 16.9. The van der Waals surface area contributed by atoms with Crippen molar-refractivity contribution < 1.29 is 14.1 Å². The lowest BCUT2D eigenvalue weighted by atomic mass is 9.84. The maximum Gasteiger partial charge on any atom is 0.306 e. The fraction of sp³-hybridized carbons (Fsp3) is 0.714. The smallest absolute Gasteiger partial charge is 0.306 e. The molecule has 0 saturated heterocycles. The molecule has 1 unspecified atom stereocenters. The van der Waals surface area contributed by atoms with Gasteiger partial charge in [0.05, 0.1) is 13.0 Å². The number of H-pyrrole nitrogens is 1. The Morgan fingerprint density at radius 2 is 2.18 bits per heavy atom. The van der Waals surface area contributed by atoms with Crippen molar-refractivity contribution in [2.75, 3.05) is 6.61 Å². The van der Waals surface area contributed by atoms with Crippen molar-refractivity contribution in [3.63, 3.8) is 0 Å². The van der Waals surface area contributed by atoms with Crippen LogP contribution >= 0.6 is 0 Å². The van der Waals surface area contributed by atoms with Crippen LogP contribution in [-0.4, -0.2) is 32.9 Å². The molecule has 0 bridgehead atoms. The van der Waals surface area contributed by atoms with Gasteiger partial charge in [-0.3, -0.25) is 9.89 Å². The number of unbranched alkanes of at least 4 members (excludes halogenated alkanes) is 1. The minimum atomic E-state index is -0.183. The van der Waals surface area contributed by atoms with Crippen LogP contribution in [0.3, 0.4) is 0 Å². The monoisotopic (exact) mass is 388 g/mol. The average molecular weight is 389 g/mol. The van der Waals surface area contributed by atoms with E-state index >= 15 is 0 Å². The molecule has 0 radical (unpaired) electrons. The van der Waals surface area contributed by atoms with Gasteiger partial charge in [0.1, 0.15) is 5.69 Å². The number of carbonyl (C=O) groups excluding carboxylic acids is 1. The van der Waals surface area contributed by atoms with Gasteiger partial charge >= 0.3 is 5.97 Å². The highest BCUT2D eigenvalue weighted by molar-refractivity contribution is 5.70. The summed E-state index contributed by atoms with van der Waals surface area (Å²) in [5.74, 6) is 1.54. The number of rotatable bonds is 11. The summed E-state index contributed by atoms with van der Waals surface area (Å²) >= 11 is 0. The number of esters is 1. The summed E-state index contributed by atoms with van der Waals surface area (Å²) in [6, 6.07) is 1.80. The molecule has 1 aliphatic carbocycles. The summed E-state index contributed by atoms with van der Waals surface area (Å²) in [7, 11) is 0. The molecule has 7 heteroatoms. The van der Waals surface area contributed by atoms with Gasteiger partial charge < -0.3 is 9.26 Å². The molecular formula is C21H32N4O3. The summed E-state index contributed by atoms with van der Waals surface area (Å²) < 4.78 is 10.9. The highest BCUT2D eigenvalue weighted by Crippen LogP contribution is 2.31. The van der Waals surface area contributed by atoms with Crippen molar-refractivity contribution in [1.29, 1.82) is 0 Å². The third kappa shape index (κ3) is 6.17. The quantitative estimate of drug-likeness (QED) is 0.429. The molecule has 7 nitrogen and oxygen atoms in total. The van der Waals surface area contributed by atoms with E-state index < -0.39 is 0 Å². The molecule has 28 heavy (non-hydrogen) atoms. The van der Waals surface area contributed by atoms with Crippen LogP contribution in [0.1, 0.15) is 89.4 Å². The Morgan fingerprint density at radius 1 is 1.32 bits per heavy atom. The molecule has 0 spiro atoms. The van der Waals surface area contributed by atoms with E-state index in [0.717, 1.165) is 31.6 Å². The van der Waals surface area contributed by atoms with Gasteiger partial charge in [-0.15, -0.1) is 0 Å². The van der Waals surface area contributed by atoms with Gasteiger partial charge in [0.25, 0.3) is 0 Å². The van der Waals surface area contributed by atoms with Crippen LogP contribution in [0.5, 0.6) is 0 Å². The van der Waals surface area contributed by atoms with Crippen LogP contribution in [-0.2, 0) is 9.53 Å². The number of hydrogen-bond acceptors (Lipinski definition) is 6. The number of hydrogen-bond donors (Lipinski definition) is 1. The summed E-state index contributed by atoms with van der Waals surface area (Å²) in [5.41, 5.74) is 0.710. The number of aromatic nitrogens is 4. The second-order valence-corrected chi connectivity index (χ2v) is 7.84. The molecule has 1 saturated carbocycles. The van der Waals surface area contributed by atoms with Crippen molar-refractivity contribution in [2.24, 2.45) is 5.92 Å². The Hall–Kier alpha value is -2.18. The lowest BCUT2D eigenvalue weighted by Crippen LogP contribution is -2.13. The number of ether oxygens (including phenoxy) is 1. The molecule has 1 N–H and O–H groups in total. The van der Waals surface area contributed by atoms with Crippen molar-refractivity contribution in [3.8, 4) is 11.5 Å². The normalized spacial score (nSPS) is 16.2. The largest absolute Gasteiger partial charge is 0.466 e. The average Bonchev–Trinajstić information content (AvgIpc) is 3.40. The maximum atomic E-state index is 12.3. The van der Waals surface area contributed by atoms with Crippen molar-refractivity contribution in [1.82, 2.24) is 20.3 Å². The standard InChI is InChI=1S/C21H32N4O3/c1-2-3-14-27-19(26)15-17(11-7-10-16-8-5-4-6-9-16)21-23-20(25-28-21)18-12-13-22-24-18/h12-13,16-17H,2-11,14-15H2,1H3,(H,22,24). The van der Waals surface area contributed by atoms with E-state index in [0.29, 0.717) is 30.4 Å². The van der Waals surface area contributed by atoms with Gasteiger partial charge in [-0.2, -0.15) is 10.1 Å². The van der Waals surface area contributed by atoms with E-state index in [-0.39, 0.29) is 11.9 Å². The molecule has 2 aromatic rings. The Morgan fingerprint density at radius 3 is 2.93 bits per heavy atom. The van der Waals surface area contributed by atoms with E-state index in [2.05, 4.69) is 27.3 Å². The first-order valence-corrected chi connectivity index (χ1v) is 10.7. The Bertz CT molecular complexity index is 692. The van der Waals surface area contributed by atoms with Gasteiger partial charge in [0, 0.05) is 12.1 Å². The first-order chi connectivity index (χ1) is 13.8. The lowest BCUT2D eigenvalue weighted by Gasteiger charge is -2.22. The van der Waals surface area contributed by atoms with Gasteiger partial charge in [-0.25, -0.2) is 0 Å². The zero-order valence-corrected chi connectivity index (χ0v) is 16.9. The van der Waals surface area contributed by atoms with Crippen molar-refractivity contribution in [2.45, 2.75) is 83.5 Å². The topological polar surface area (TPSA) is 93.9 Å². The summed E-state index contributed by atoms with van der Waals surface area (Å²) in [6.07, 6.45) is 13.8. The minimum Gasteiger partial charge on any atom is -0.466 e. The molecule has 1 atom stereocenters. The van der Waals surface area contributed by atoms with Gasteiger partial charge in [0.2, 0.25) is 11.7 Å². The van der Waals surface area contributed by atoms with Crippen LogP contribution in [0.25, 0.3) is 11.5 Å². The number of nitrogens with zero attached hydrogens (tertiary/aromatic N) is 3. The van der Waals surface area contributed by atoms with Crippen LogP contribution in [0.4, 0.5) is 0 Å². The van der Waals surface area contributed by atoms with Crippen molar-refractivity contribution >= 4 is 5.97 Å². The fourth-order valence-electron chi connectivity index (χ4n) is 3.92. The van der Waals surface area contributed by atoms with Gasteiger partial charge in [-0.1, -0.05) is 63.4 Å². The molecular weight excluding hydrogens is 356 g/mol. The Labute approximate surface area is 166 Å². The molecule has 3 rings (SSSR count). The summed E-state index contributed by atoms with van der Waals surface area (Å²) in [6.45, 7) is 2.56. The zero-order chi connectivity index (χ0) is 19.6. The van der Waals surface area contributed by atoms with Gasteiger partial charge in [-0.05, 0) is 24.8 Å². The predicted octanol–water partition coefficient (Wildman–Crippen LogP) is 5.03. The summed E-state index contributed by atoms with van der Waals surface area (Å²) in [4.78, 5) is 16.8. The highest BCUT2D eigenvalue weighted by atomic mass is 16.5. The first-order valence-electron chi connectivity index (χ1n) is 10.7. The van der Waals surface area contributed by atoms with E-state index in [4.69, 9.17) is 9.26 Å². The van der Waals surface area contributed by atoms with E-state index in [1.165, 1.54) is 38.5 Å². The number of nitrogens with one attached hydrogen (secondary N) is 1. The fourth-order valence-corrected chi connectivity index (χ4v) is 3.92. The minimum absolute atomic E-state index is 0.0955. The predicted molar refractivity (Wildman–Crippen MR) is 106 cm³/mol. The molecule has 2 heterocycles. The maximum absolute atomic E-state index is 12.3. The lowest BCUT2D eigenvalue weighted by molar-refractivity contribution is -0.144. The molecule has 0 aromatic carbocycles. The van der Waals surface area contributed by atoms with E-state index in [9.17, 15) is 4.79 Å². The number of carbonyl (C=O) groups is 1. The first kappa shape index (κ1) is 20.6. The molecule has 154 valence electrons. The summed E-state index contributed by atoms with van der Waals surface area (Å²) in [5, 5.41) is 10.8. The van der Waals surface area contributed by atoms with Crippen molar-refractivity contribution in [3.05, 3.63) is 18.2 Å². The molecule has 1 fully saturated rings. The molecule has 0 aliphatic heterocycles. The van der Waals surface area contributed by atoms with Crippen LogP contribution in [0.2, 0.25) is 0 Å². The Balaban J connectivity index is 1.59. The third-order valence-electron chi connectivity index (χ3n) is 5.60. The van der Waals surface area contributed by atoms with Gasteiger partial charge in [0.15, 0.2) is 0 Å². The molecule has 0 amide bonds. The van der Waals surface area contributed by atoms with E-state index in [1.807, 2.05) is 0 Å². The second kappa shape index (κ2) is 11.0. The SMILES string of the molecule is CCCCOC(=O)CC(CCCC1CCCCC1)c1nc(-c2ccn[nH]2)no1. The third-order valence-corrected chi connectivity index (χ3v) is 5.60. The van der Waals surface area contributed by atoms with Crippen LogP contribution in [0, 0.1) is 5.92 Å². The highest BCUT2D eigenvalue weighted by Gasteiger charge is 2.24. The van der Waals surface area contributed by atoms with E-state index in [1.54, 1.807) is 12.3 Å².